The van der Waals surface area contributed by atoms with Crippen molar-refractivity contribution in [2.24, 2.45) is 7.05 Å². The van der Waals surface area contributed by atoms with E-state index >= 15 is 0 Å². The van der Waals surface area contributed by atoms with Crippen LogP contribution < -0.4 is 0 Å². The van der Waals surface area contributed by atoms with Gasteiger partial charge in [0.1, 0.15) is 0 Å². The Morgan fingerprint density at radius 3 is 2.52 bits per heavy atom. The number of benzene rings is 1. The molecule has 0 unspecified atom stereocenters. The lowest BCUT2D eigenvalue weighted by Gasteiger charge is -2.15. The van der Waals surface area contributed by atoms with Gasteiger partial charge in [-0.25, -0.2) is 0 Å². The number of aromatic nitrogens is 2. The van der Waals surface area contributed by atoms with Crippen molar-refractivity contribution in [2.45, 2.75) is 20.4 Å². The molecule has 0 saturated carbocycles. The van der Waals surface area contributed by atoms with Crippen LogP contribution in [0.4, 0.5) is 0 Å². The fourth-order valence-electron chi connectivity index (χ4n) is 2.25. The van der Waals surface area contributed by atoms with Crippen LogP contribution >= 0.6 is 0 Å². The van der Waals surface area contributed by atoms with Gasteiger partial charge < -0.3 is 4.90 Å². The summed E-state index contributed by atoms with van der Waals surface area (Å²) in [5.74, 6) is -0.0125. The molecule has 0 aliphatic rings. The zero-order chi connectivity index (χ0) is 15.4. The number of hydrogen-bond acceptors (Lipinski definition) is 2. The molecule has 4 heteroatoms. The Balaban J connectivity index is 2.05. The van der Waals surface area contributed by atoms with Gasteiger partial charge in [0.05, 0.1) is 5.69 Å². The Hall–Kier alpha value is -2.36. The molecule has 0 bridgehead atoms. The van der Waals surface area contributed by atoms with E-state index < -0.39 is 0 Å². The number of carbonyl (C=O) groups is 1. The lowest BCUT2D eigenvalue weighted by atomic mass is 10.2. The molecule has 1 amide bonds. The van der Waals surface area contributed by atoms with Gasteiger partial charge >= 0.3 is 0 Å². The summed E-state index contributed by atoms with van der Waals surface area (Å²) in [6.07, 6.45) is 3.46. The zero-order valence-electron chi connectivity index (χ0n) is 13.0. The van der Waals surface area contributed by atoms with Crippen molar-refractivity contribution < 1.29 is 4.79 Å². The zero-order valence-corrected chi connectivity index (χ0v) is 13.0. The Bertz CT molecular complexity index is 656. The second kappa shape index (κ2) is 6.39. The first-order chi connectivity index (χ1) is 9.99. The Morgan fingerprint density at radius 2 is 1.95 bits per heavy atom. The van der Waals surface area contributed by atoms with Crippen LogP contribution in [-0.2, 0) is 18.4 Å². The van der Waals surface area contributed by atoms with Crippen molar-refractivity contribution in [3.63, 3.8) is 0 Å². The van der Waals surface area contributed by atoms with Crippen LogP contribution in [0.2, 0.25) is 0 Å². The first-order valence-electron chi connectivity index (χ1n) is 6.96. The molecule has 110 valence electrons. The van der Waals surface area contributed by atoms with Crippen LogP contribution in [0.3, 0.4) is 0 Å². The molecule has 1 heterocycles. The third kappa shape index (κ3) is 3.60. The molecule has 1 aromatic carbocycles. The van der Waals surface area contributed by atoms with Crippen molar-refractivity contribution in [3.8, 4) is 0 Å². The van der Waals surface area contributed by atoms with Crippen LogP contribution in [0, 0.1) is 13.8 Å². The van der Waals surface area contributed by atoms with Gasteiger partial charge in [0.15, 0.2) is 0 Å². The summed E-state index contributed by atoms with van der Waals surface area (Å²) >= 11 is 0. The molecule has 0 radical (unpaired) electrons. The molecule has 2 rings (SSSR count). The normalized spacial score (nSPS) is 11.0. The number of amides is 1. The van der Waals surface area contributed by atoms with Crippen molar-refractivity contribution in [2.75, 3.05) is 7.05 Å². The molecule has 0 N–H and O–H groups in total. The topological polar surface area (TPSA) is 38.1 Å². The number of carbonyl (C=O) groups excluding carboxylic acids is 1. The van der Waals surface area contributed by atoms with Crippen LogP contribution in [0.25, 0.3) is 6.08 Å². The van der Waals surface area contributed by atoms with Crippen molar-refractivity contribution in [1.82, 2.24) is 14.7 Å². The number of aryl methyl sites for hydroxylation is 2. The average molecular weight is 283 g/mol. The number of nitrogens with zero attached hydrogens (tertiary/aromatic N) is 3. The molecule has 0 aliphatic carbocycles. The highest BCUT2D eigenvalue weighted by atomic mass is 16.2. The smallest absolute Gasteiger partial charge is 0.246 e. The first kappa shape index (κ1) is 15.0. The van der Waals surface area contributed by atoms with Gasteiger partial charge in [0.2, 0.25) is 5.91 Å². The molecule has 0 saturated heterocycles. The van der Waals surface area contributed by atoms with E-state index in [1.54, 1.807) is 11.0 Å². The monoisotopic (exact) mass is 283 g/mol. The van der Waals surface area contributed by atoms with E-state index in [1.807, 2.05) is 69.0 Å². The minimum Gasteiger partial charge on any atom is -0.338 e. The largest absolute Gasteiger partial charge is 0.338 e. The highest BCUT2D eigenvalue weighted by Crippen LogP contribution is 2.14. The highest BCUT2D eigenvalue weighted by Gasteiger charge is 2.09. The fourth-order valence-corrected chi connectivity index (χ4v) is 2.25. The van der Waals surface area contributed by atoms with Gasteiger partial charge in [-0.1, -0.05) is 30.3 Å². The van der Waals surface area contributed by atoms with Gasteiger partial charge in [-0.3, -0.25) is 9.48 Å². The molecule has 2 aromatic rings. The predicted molar refractivity (Wildman–Crippen MR) is 84.6 cm³/mol. The summed E-state index contributed by atoms with van der Waals surface area (Å²) in [5.41, 5.74) is 4.13. The van der Waals surface area contributed by atoms with Gasteiger partial charge in [-0.15, -0.1) is 0 Å². The van der Waals surface area contributed by atoms with Gasteiger partial charge in [-0.05, 0) is 25.5 Å². The van der Waals surface area contributed by atoms with Crippen molar-refractivity contribution in [3.05, 3.63) is 58.9 Å². The maximum absolute atomic E-state index is 12.2. The fraction of sp³-hybridized carbons (Fsp3) is 0.294. The third-order valence-corrected chi connectivity index (χ3v) is 3.60. The highest BCUT2D eigenvalue weighted by molar-refractivity contribution is 5.91. The number of hydrogen-bond donors (Lipinski definition) is 0. The maximum atomic E-state index is 12.2. The molecular formula is C17H21N3O. The summed E-state index contributed by atoms with van der Waals surface area (Å²) in [4.78, 5) is 13.9. The number of rotatable bonds is 4. The SMILES string of the molecule is Cc1nn(C)c(C)c1/C=C/C(=O)N(C)Cc1ccccc1. The van der Waals surface area contributed by atoms with E-state index in [0.29, 0.717) is 6.54 Å². The molecule has 1 aromatic heterocycles. The second-order valence-corrected chi connectivity index (χ2v) is 5.22. The van der Waals surface area contributed by atoms with Crippen LogP contribution in [-0.4, -0.2) is 27.6 Å². The van der Waals surface area contributed by atoms with E-state index in [0.717, 1.165) is 22.5 Å². The van der Waals surface area contributed by atoms with E-state index in [9.17, 15) is 4.79 Å². The van der Waals surface area contributed by atoms with Crippen molar-refractivity contribution in [1.29, 1.82) is 0 Å². The van der Waals surface area contributed by atoms with Crippen LogP contribution in [0.1, 0.15) is 22.5 Å². The quantitative estimate of drug-likeness (QED) is 0.809. The molecule has 0 fully saturated rings. The van der Waals surface area contributed by atoms with E-state index in [4.69, 9.17) is 0 Å². The van der Waals surface area contributed by atoms with E-state index in [-0.39, 0.29) is 5.91 Å². The molecule has 0 spiro atoms. The first-order valence-corrected chi connectivity index (χ1v) is 6.96. The molecular weight excluding hydrogens is 262 g/mol. The lowest BCUT2D eigenvalue weighted by Crippen LogP contribution is -2.24. The average Bonchev–Trinajstić information content (AvgIpc) is 2.71. The lowest BCUT2D eigenvalue weighted by molar-refractivity contribution is -0.125. The van der Waals surface area contributed by atoms with Crippen LogP contribution in [0.15, 0.2) is 36.4 Å². The minimum absolute atomic E-state index is 0.0125. The maximum Gasteiger partial charge on any atom is 0.246 e. The van der Waals surface area contributed by atoms with Gasteiger partial charge in [-0.2, -0.15) is 5.10 Å². The molecule has 4 nitrogen and oxygen atoms in total. The molecule has 0 aliphatic heterocycles. The Kier molecular flexibility index (Phi) is 4.58. The third-order valence-electron chi connectivity index (χ3n) is 3.60. The standard InChI is InChI=1S/C17H21N3O/c1-13-16(14(2)20(4)18-13)10-11-17(21)19(3)12-15-8-6-5-7-9-15/h5-11H,12H2,1-4H3/b11-10+. The Labute approximate surface area is 125 Å². The summed E-state index contributed by atoms with van der Waals surface area (Å²) in [5, 5.41) is 4.34. The minimum atomic E-state index is -0.0125. The van der Waals surface area contributed by atoms with Crippen LogP contribution in [0.5, 0.6) is 0 Å². The van der Waals surface area contributed by atoms with Gasteiger partial charge in [0, 0.05) is 38.0 Å². The van der Waals surface area contributed by atoms with E-state index in [2.05, 4.69) is 5.10 Å². The molecule has 0 atom stereocenters. The van der Waals surface area contributed by atoms with Crippen molar-refractivity contribution >= 4 is 12.0 Å². The Morgan fingerprint density at radius 1 is 1.29 bits per heavy atom. The molecule has 21 heavy (non-hydrogen) atoms. The van der Waals surface area contributed by atoms with Gasteiger partial charge in [0.25, 0.3) is 0 Å². The summed E-state index contributed by atoms with van der Waals surface area (Å²) in [7, 11) is 3.71. The number of likely N-dealkylation sites (N-methyl/N-ethyl adjacent to an activating group) is 1. The predicted octanol–water partition coefficient (Wildman–Crippen LogP) is 2.71. The van der Waals surface area contributed by atoms with E-state index in [1.165, 1.54) is 0 Å². The second-order valence-electron chi connectivity index (χ2n) is 5.22. The summed E-state index contributed by atoms with van der Waals surface area (Å²) in [6.45, 7) is 4.55. The summed E-state index contributed by atoms with van der Waals surface area (Å²) in [6, 6.07) is 9.96. The summed E-state index contributed by atoms with van der Waals surface area (Å²) < 4.78 is 1.83.